The Kier molecular flexibility index (Phi) is 4.07. The summed E-state index contributed by atoms with van der Waals surface area (Å²) in [5.41, 5.74) is -0.484. The van der Waals surface area contributed by atoms with Crippen LogP contribution < -0.4 is 0 Å². The molecule has 2 rings (SSSR count). The Hall–Kier alpha value is -0.420. The SMILES string of the molecule is CC(C)C1=C[C@H]2[C@@H]([C@@H](O)C[C@H]2C)[C@](O)(CO)C[C@H]1O. The molecule has 0 heterocycles. The normalized spacial score (nSPS) is 46.9. The van der Waals surface area contributed by atoms with Crippen molar-refractivity contribution in [2.75, 3.05) is 6.61 Å². The van der Waals surface area contributed by atoms with Crippen molar-refractivity contribution in [3.8, 4) is 0 Å². The summed E-state index contributed by atoms with van der Waals surface area (Å²) >= 11 is 0. The van der Waals surface area contributed by atoms with Gasteiger partial charge in [0.2, 0.25) is 0 Å². The van der Waals surface area contributed by atoms with Gasteiger partial charge in [-0.3, -0.25) is 0 Å². The topological polar surface area (TPSA) is 80.9 Å². The first-order chi connectivity index (χ1) is 8.80. The maximum Gasteiger partial charge on any atom is 0.0963 e. The number of hydrogen-bond donors (Lipinski definition) is 4. The van der Waals surface area contributed by atoms with Crippen molar-refractivity contribution in [3.05, 3.63) is 11.6 Å². The Morgan fingerprint density at radius 2 is 2.00 bits per heavy atom. The molecule has 2 aliphatic rings. The van der Waals surface area contributed by atoms with Crippen molar-refractivity contribution >= 4 is 0 Å². The highest BCUT2D eigenvalue weighted by molar-refractivity contribution is 5.21. The highest BCUT2D eigenvalue weighted by atomic mass is 16.3. The van der Waals surface area contributed by atoms with Gasteiger partial charge >= 0.3 is 0 Å². The first kappa shape index (κ1) is 15.0. The molecule has 0 radical (unpaired) electrons. The molecule has 0 bridgehead atoms. The van der Waals surface area contributed by atoms with E-state index < -0.39 is 30.3 Å². The van der Waals surface area contributed by atoms with Gasteiger partial charge in [0.25, 0.3) is 0 Å². The van der Waals surface area contributed by atoms with Crippen molar-refractivity contribution in [2.24, 2.45) is 23.7 Å². The molecule has 19 heavy (non-hydrogen) atoms. The van der Waals surface area contributed by atoms with Crippen LogP contribution in [0.15, 0.2) is 11.6 Å². The van der Waals surface area contributed by atoms with E-state index in [0.717, 1.165) is 5.57 Å². The molecule has 2 aliphatic carbocycles. The van der Waals surface area contributed by atoms with Crippen molar-refractivity contribution in [1.29, 1.82) is 0 Å². The Morgan fingerprint density at radius 3 is 2.53 bits per heavy atom. The van der Waals surface area contributed by atoms with Gasteiger partial charge in [0.1, 0.15) is 0 Å². The van der Waals surface area contributed by atoms with Gasteiger partial charge in [-0.15, -0.1) is 0 Å². The van der Waals surface area contributed by atoms with E-state index in [-0.39, 0.29) is 24.2 Å². The zero-order chi connectivity index (χ0) is 14.4. The molecule has 110 valence electrons. The zero-order valence-electron chi connectivity index (χ0n) is 12.0. The van der Waals surface area contributed by atoms with Crippen molar-refractivity contribution in [2.45, 2.75) is 51.4 Å². The van der Waals surface area contributed by atoms with Crippen LogP contribution in [0.3, 0.4) is 0 Å². The summed E-state index contributed by atoms with van der Waals surface area (Å²) in [4.78, 5) is 0. The number of hydrogen-bond acceptors (Lipinski definition) is 4. The van der Waals surface area contributed by atoms with Gasteiger partial charge in [0, 0.05) is 12.3 Å². The van der Waals surface area contributed by atoms with Crippen LogP contribution in [0.25, 0.3) is 0 Å². The molecule has 0 aromatic carbocycles. The second-order valence-electron chi connectivity index (χ2n) is 6.69. The second kappa shape index (κ2) is 5.17. The van der Waals surface area contributed by atoms with Gasteiger partial charge in [0.05, 0.1) is 24.4 Å². The standard InChI is InChI=1S/C15H26O4/c1-8(2)10-5-11-9(3)4-12(17)14(11)15(19,7-16)6-13(10)18/h5,8-9,11-14,16-19H,4,6-7H2,1-3H3/t9-,11-,12+,13-,14+,15-/m1/s1. The molecule has 0 saturated heterocycles. The smallest absolute Gasteiger partial charge is 0.0963 e. The Labute approximate surface area is 114 Å². The summed E-state index contributed by atoms with van der Waals surface area (Å²) in [5, 5.41) is 40.8. The van der Waals surface area contributed by atoms with Gasteiger partial charge in [-0.05, 0) is 29.7 Å². The van der Waals surface area contributed by atoms with E-state index >= 15 is 0 Å². The van der Waals surface area contributed by atoms with Crippen LogP contribution >= 0.6 is 0 Å². The first-order valence-electron chi connectivity index (χ1n) is 7.21. The van der Waals surface area contributed by atoms with E-state index in [1.165, 1.54) is 0 Å². The third-order valence-electron chi connectivity index (χ3n) is 4.98. The zero-order valence-corrected chi connectivity index (χ0v) is 12.0. The van der Waals surface area contributed by atoms with Crippen LogP contribution in [-0.4, -0.2) is 44.8 Å². The molecular weight excluding hydrogens is 244 g/mol. The third kappa shape index (κ3) is 2.47. The average molecular weight is 270 g/mol. The number of fused-ring (bicyclic) bond motifs is 1. The van der Waals surface area contributed by atoms with E-state index in [2.05, 4.69) is 6.92 Å². The lowest BCUT2D eigenvalue weighted by molar-refractivity contribution is -0.115. The van der Waals surface area contributed by atoms with Gasteiger partial charge in [-0.1, -0.05) is 26.8 Å². The minimum atomic E-state index is -1.40. The maximum absolute atomic E-state index is 10.7. The van der Waals surface area contributed by atoms with Crippen LogP contribution in [0.5, 0.6) is 0 Å². The minimum absolute atomic E-state index is 0.0155. The molecule has 0 aliphatic heterocycles. The number of aliphatic hydroxyl groups is 4. The molecule has 1 saturated carbocycles. The van der Waals surface area contributed by atoms with E-state index in [1.807, 2.05) is 19.9 Å². The fraction of sp³-hybridized carbons (Fsp3) is 0.867. The summed E-state index contributed by atoms with van der Waals surface area (Å²) in [5.74, 6) is 0.0684. The second-order valence-corrected chi connectivity index (χ2v) is 6.69. The van der Waals surface area contributed by atoms with Crippen LogP contribution in [-0.2, 0) is 0 Å². The summed E-state index contributed by atoms with van der Waals surface area (Å²) in [6.07, 6.45) is 1.40. The predicted octanol–water partition coefficient (Wildman–Crippen LogP) is 0.690. The Balaban J connectivity index is 2.45. The van der Waals surface area contributed by atoms with E-state index in [0.29, 0.717) is 6.42 Å². The lowest BCUT2D eigenvalue weighted by atomic mass is 9.77. The summed E-state index contributed by atoms with van der Waals surface area (Å²) in [6.45, 7) is 5.67. The molecule has 0 unspecified atom stereocenters. The number of allylic oxidation sites excluding steroid dienone is 1. The Morgan fingerprint density at radius 1 is 1.37 bits per heavy atom. The predicted molar refractivity (Wildman–Crippen MR) is 72.3 cm³/mol. The largest absolute Gasteiger partial charge is 0.393 e. The fourth-order valence-electron chi connectivity index (χ4n) is 3.95. The highest BCUT2D eigenvalue weighted by Crippen LogP contribution is 2.48. The van der Waals surface area contributed by atoms with Crippen LogP contribution in [0.2, 0.25) is 0 Å². The highest BCUT2D eigenvalue weighted by Gasteiger charge is 2.53. The average Bonchev–Trinajstić information content (AvgIpc) is 2.52. The molecule has 4 N–H and O–H groups in total. The molecule has 4 nitrogen and oxygen atoms in total. The summed E-state index contributed by atoms with van der Waals surface area (Å²) in [7, 11) is 0. The number of aliphatic hydroxyl groups excluding tert-OH is 3. The monoisotopic (exact) mass is 270 g/mol. The van der Waals surface area contributed by atoms with Gasteiger partial charge in [-0.2, -0.15) is 0 Å². The van der Waals surface area contributed by atoms with Gasteiger partial charge < -0.3 is 20.4 Å². The Bertz CT molecular complexity index is 365. The minimum Gasteiger partial charge on any atom is -0.393 e. The fourth-order valence-corrected chi connectivity index (χ4v) is 3.95. The van der Waals surface area contributed by atoms with Crippen molar-refractivity contribution in [1.82, 2.24) is 0 Å². The van der Waals surface area contributed by atoms with Crippen molar-refractivity contribution in [3.63, 3.8) is 0 Å². The summed E-state index contributed by atoms with van der Waals surface area (Å²) in [6, 6.07) is 0. The van der Waals surface area contributed by atoms with Crippen molar-refractivity contribution < 1.29 is 20.4 Å². The van der Waals surface area contributed by atoms with E-state index in [9.17, 15) is 20.4 Å². The van der Waals surface area contributed by atoms with E-state index in [4.69, 9.17) is 0 Å². The number of rotatable bonds is 2. The van der Waals surface area contributed by atoms with Crippen LogP contribution in [0, 0.1) is 23.7 Å². The molecule has 0 aromatic heterocycles. The quantitative estimate of drug-likeness (QED) is 0.557. The van der Waals surface area contributed by atoms with Gasteiger partial charge in [0.15, 0.2) is 0 Å². The summed E-state index contributed by atoms with van der Waals surface area (Å²) < 4.78 is 0. The molecule has 1 fully saturated rings. The van der Waals surface area contributed by atoms with Crippen LogP contribution in [0.4, 0.5) is 0 Å². The first-order valence-corrected chi connectivity index (χ1v) is 7.21. The molecule has 0 aromatic rings. The lowest BCUT2D eigenvalue weighted by Gasteiger charge is -2.36. The molecular formula is C15H26O4. The van der Waals surface area contributed by atoms with Gasteiger partial charge in [-0.25, -0.2) is 0 Å². The molecule has 0 amide bonds. The third-order valence-corrected chi connectivity index (χ3v) is 4.98. The van der Waals surface area contributed by atoms with E-state index in [1.54, 1.807) is 0 Å². The molecule has 0 spiro atoms. The van der Waals surface area contributed by atoms with Crippen LogP contribution in [0.1, 0.15) is 33.6 Å². The molecule has 4 heteroatoms. The maximum atomic E-state index is 10.7. The lowest BCUT2D eigenvalue weighted by Crippen LogP contribution is -2.49. The molecule has 6 atom stereocenters.